The van der Waals surface area contributed by atoms with Crippen molar-refractivity contribution in [1.82, 2.24) is 14.2 Å². The Morgan fingerprint density at radius 3 is 2.74 bits per heavy atom. The molecule has 2 aliphatic rings. The second-order valence-electron chi connectivity index (χ2n) is 6.39. The first kappa shape index (κ1) is 16.6. The molecule has 0 amide bonds. The van der Waals surface area contributed by atoms with E-state index in [1.54, 1.807) is 16.4 Å². The third kappa shape index (κ3) is 3.21. The van der Waals surface area contributed by atoms with E-state index in [0.29, 0.717) is 19.7 Å². The number of hydrogen-bond donors (Lipinski definition) is 0. The average Bonchev–Trinajstić information content (AvgIpc) is 2.54. The predicted octanol–water partition coefficient (Wildman–Crippen LogP) is 0.241. The summed E-state index contributed by atoms with van der Waals surface area (Å²) in [6.07, 6.45) is 2.30. The Labute approximate surface area is 137 Å². The molecule has 2 saturated heterocycles. The summed E-state index contributed by atoms with van der Waals surface area (Å²) in [5, 5.41) is 0. The van der Waals surface area contributed by atoms with Crippen molar-refractivity contribution in [3.05, 3.63) is 18.3 Å². The fourth-order valence-corrected chi connectivity index (χ4v) is 4.79. The number of sulfonamides is 1. The minimum absolute atomic E-state index is 0.0104. The van der Waals surface area contributed by atoms with Crippen molar-refractivity contribution < 1.29 is 13.2 Å². The quantitative estimate of drug-likeness (QED) is 0.785. The molecule has 2 unspecified atom stereocenters. The van der Waals surface area contributed by atoms with Crippen LogP contribution >= 0.6 is 0 Å². The molecule has 8 heteroatoms. The Balaban J connectivity index is 1.88. The van der Waals surface area contributed by atoms with E-state index >= 15 is 0 Å². The first-order chi connectivity index (χ1) is 10.9. The van der Waals surface area contributed by atoms with E-state index in [0.717, 1.165) is 18.8 Å². The number of likely N-dealkylation sites (tertiary alicyclic amines) is 1. The molecular weight excluding hydrogens is 316 g/mol. The van der Waals surface area contributed by atoms with E-state index < -0.39 is 10.0 Å². The monoisotopic (exact) mass is 340 g/mol. The molecule has 0 N–H and O–H groups in total. The summed E-state index contributed by atoms with van der Waals surface area (Å²) in [6, 6.07) is 3.24. The molecule has 0 bridgehead atoms. The van der Waals surface area contributed by atoms with Gasteiger partial charge in [-0.1, -0.05) is 0 Å². The van der Waals surface area contributed by atoms with Gasteiger partial charge in [0, 0.05) is 39.9 Å². The summed E-state index contributed by atoms with van der Waals surface area (Å²) in [4.78, 5) is 8.49. The molecule has 0 radical (unpaired) electrons. The molecule has 23 heavy (non-hydrogen) atoms. The van der Waals surface area contributed by atoms with E-state index in [2.05, 4.69) is 9.88 Å². The first-order valence-corrected chi connectivity index (χ1v) is 9.29. The van der Waals surface area contributed by atoms with Crippen LogP contribution in [0, 0.1) is 0 Å². The number of aromatic nitrogens is 1. The number of nitrogens with zero attached hydrogens (tertiary/aromatic N) is 4. The zero-order valence-electron chi connectivity index (χ0n) is 13.8. The molecule has 2 aliphatic heterocycles. The fraction of sp³-hybridized carbons (Fsp3) is 0.667. The van der Waals surface area contributed by atoms with E-state index in [1.165, 1.54) is 6.20 Å². The highest BCUT2D eigenvalue weighted by Gasteiger charge is 2.42. The molecule has 1 aromatic heterocycles. The molecule has 3 heterocycles. The van der Waals surface area contributed by atoms with Crippen LogP contribution in [0.2, 0.25) is 0 Å². The molecular formula is C15H24N4O3S. The summed E-state index contributed by atoms with van der Waals surface area (Å²) in [5.74, 6) is 0.737. The van der Waals surface area contributed by atoms with Crippen LogP contribution in [0.25, 0.3) is 0 Å². The standard InChI is InChI=1S/C15H24N4O3S/c1-17(2)15-5-4-12(10-16-15)23(20,21)19-8-9-22-14-6-7-18(3)11-13(14)19/h4-5,10,13-14H,6-9,11H2,1-3H3. The molecule has 2 atom stereocenters. The molecule has 1 aromatic rings. The maximum Gasteiger partial charge on any atom is 0.245 e. The molecule has 7 nitrogen and oxygen atoms in total. The zero-order valence-corrected chi connectivity index (χ0v) is 14.7. The highest BCUT2D eigenvalue weighted by Crippen LogP contribution is 2.28. The van der Waals surface area contributed by atoms with Crippen LogP contribution in [-0.2, 0) is 14.8 Å². The van der Waals surface area contributed by atoms with Crippen LogP contribution in [0.4, 0.5) is 5.82 Å². The van der Waals surface area contributed by atoms with Crippen LogP contribution in [0.5, 0.6) is 0 Å². The van der Waals surface area contributed by atoms with Crippen molar-refractivity contribution in [2.24, 2.45) is 0 Å². The third-order valence-electron chi connectivity index (χ3n) is 4.52. The lowest BCUT2D eigenvalue weighted by Crippen LogP contribution is -2.60. The zero-order chi connectivity index (χ0) is 16.6. The van der Waals surface area contributed by atoms with Crippen molar-refractivity contribution in [2.75, 3.05) is 52.3 Å². The number of hydrogen-bond acceptors (Lipinski definition) is 6. The number of pyridine rings is 1. The van der Waals surface area contributed by atoms with Gasteiger partial charge in [0.2, 0.25) is 10.0 Å². The van der Waals surface area contributed by atoms with E-state index in [4.69, 9.17) is 4.74 Å². The SMILES string of the molecule is CN1CCC2OCCN(S(=O)(=O)c3ccc(N(C)C)nc3)C2C1. The normalized spacial score (nSPS) is 26.7. The van der Waals surface area contributed by atoms with Gasteiger partial charge in [-0.25, -0.2) is 13.4 Å². The van der Waals surface area contributed by atoms with E-state index in [9.17, 15) is 8.42 Å². The van der Waals surface area contributed by atoms with Gasteiger partial charge in [0.1, 0.15) is 10.7 Å². The third-order valence-corrected chi connectivity index (χ3v) is 6.43. The van der Waals surface area contributed by atoms with Gasteiger partial charge in [0.15, 0.2) is 0 Å². The van der Waals surface area contributed by atoms with Gasteiger partial charge < -0.3 is 14.5 Å². The molecule has 0 aliphatic carbocycles. The second-order valence-corrected chi connectivity index (χ2v) is 8.28. The lowest BCUT2D eigenvalue weighted by atomic mass is 10.0. The summed E-state index contributed by atoms with van der Waals surface area (Å²) >= 11 is 0. The molecule has 128 valence electrons. The van der Waals surface area contributed by atoms with Crippen LogP contribution in [0.3, 0.4) is 0 Å². The topological polar surface area (TPSA) is 66.0 Å². The largest absolute Gasteiger partial charge is 0.375 e. The Hall–Kier alpha value is -1.22. The summed E-state index contributed by atoms with van der Waals surface area (Å²) in [5.41, 5.74) is 0. The van der Waals surface area contributed by atoms with Crippen molar-refractivity contribution in [2.45, 2.75) is 23.5 Å². The molecule has 3 rings (SSSR count). The number of anilines is 1. The summed E-state index contributed by atoms with van der Waals surface area (Å²) in [6.45, 7) is 2.49. The molecule has 0 aromatic carbocycles. The van der Waals surface area contributed by atoms with Gasteiger partial charge in [0.05, 0.1) is 18.8 Å². The highest BCUT2D eigenvalue weighted by atomic mass is 32.2. The van der Waals surface area contributed by atoms with Crippen LogP contribution < -0.4 is 4.90 Å². The van der Waals surface area contributed by atoms with E-state index in [-0.39, 0.29) is 17.0 Å². The second kappa shape index (κ2) is 6.35. The maximum atomic E-state index is 13.0. The molecule has 0 spiro atoms. The lowest BCUT2D eigenvalue weighted by molar-refractivity contribution is -0.0719. The molecule has 0 saturated carbocycles. The van der Waals surface area contributed by atoms with Gasteiger partial charge in [-0.05, 0) is 25.6 Å². The number of rotatable bonds is 3. The lowest BCUT2D eigenvalue weighted by Gasteiger charge is -2.45. The smallest absolute Gasteiger partial charge is 0.245 e. The number of piperidine rings is 1. The van der Waals surface area contributed by atoms with E-state index in [1.807, 2.05) is 26.0 Å². The first-order valence-electron chi connectivity index (χ1n) is 7.85. The number of morpholine rings is 1. The average molecular weight is 340 g/mol. The predicted molar refractivity (Wildman–Crippen MR) is 88.1 cm³/mol. The van der Waals surface area contributed by atoms with Crippen LogP contribution in [0.1, 0.15) is 6.42 Å². The van der Waals surface area contributed by atoms with Gasteiger partial charge in [-0.15, -0.1) is 0 Å². The van der Waals surface area contributed by atoms with Crippen molar-refractivity contribution in [3.63, 3.8) is 0 Å². The van der Waals surface area contributed by atoms with Gasteiger partial charge in [-0.3, -0.25) is 0 Å². The number of likely N-dealkylation sites (N-methyl/N-ethyl adjacent to an activating group) is 1. The number of ether oxygens (including phenoxy) is 1. The Morgan fingerprint density at radius 2 is 2.09 bits per heavy atom. The minimum Gasteiger partial charge on any atom is -0.375 e. The highest BCUT2D eigenvalue weighted by molar-refractivity contribution is 7.89. The Morgan fingerprint density at radius 1 is 1.30 bits per heavy atom. The fourth-order valence-electron chi connectivity index (χ4n) is 3.22. The number of fused-ring (bicyclic) bond motifs is 1. The Kier molecular flexibility index (Phi) is 4.59. The minimum atomic E-state index is -3.55. The molecule has 2 fully saturated rings. The van der Waals surface area contributed by atoms with Crippen LogP contribution in [-0.4, -0.2) is 82.1 Å². The van der Waals surface area contributed by atoms with Gasteiger partial charge in [-0.2, -0.15) is 4.31 Å². The van der Waals surface area contributed by atoms with Gasteiger partial charge in [0.25, 0.3) is 0 Å². The van der Waals surface area contributed by atoms with Crippen molar-refractivity contribution >= 4 is 15.8 Å². The van der Waals surface area contributed by atoms with Crippen LogP contribution in [0.15, 0.2) is 23.2 Å². The summed E-state index contributed by atoms with van der Waals surface area (Å²) < 4.78 is 33.4. The summed E-state index contributed by atoms with van der Waals surface area (Å²) in [7, 11) is 2.22. The van der Waals surface area contributed by atoms with Crippen molar-refractivity contribution in [3.8, 4) is 0 Å². The van der Waals surface area contributed by atoms with Crippen molar-refractivity contribution in [1.29, 1.82) is 0 Å². The van der Waals surface area contributed by atoms with Gasteiger partial charge >= 0.3 is 0 Å². The Bertz CT molecular complexity index is 647. The maximum absolute atomic E-state index is 13.0.